The van der Waals surface area contributed by atoms with Crippen LogP contribution in [0.25, 0.3) is 11.1 Å². The van der Waals surface area contributed by atoms with Gasteiger partial charge >= 0.3 is 0 Å². The van der Waals surface area contributed by atoms with Crippen LogP contribution in [0, 0.1) is 13.8 Å². The van der Waals surface area contributed by atoms with E-state index in [1.165, 1.54) is 0 Å². The molecule has 72 valence electrons. The minimum Gasteiger partial charge on any atom is -0.440 e. The van der Waals surface area contributed by atoms with E-state index in [0.717, 1.165) is 5.56 Å². The van der Waals surface area contributed by atoms with Crippen molar-refractivity contribution < 1.29 is 9.21 Å². The van der Waals surface area contributed by atoms with Gasteiger partial charge in [-0.15, -0.1) is 0 Å². The van der Waals surface area contributed by atoms with E-state index in [9.17, 15) is 4.79 Å². The van der Waals surface area contributed by atoms with Crippen molar-refractivity contribution >= 4 is 17.0 Å². The number of oxazole rings is 1. The molecule has 0 aliphatic rings. The molecule has 2 rings (SSSR count). The molecule has 0 radical (unpaired) electrons. The van der Waals surface area contributed by atoms with Gasteiger partial charge in [0.05, 0.1) is 5.56 Å². The van der Waals surface area contributed by atoms with Gasteiger partial charge < -0.3 is 10.2 Å². The van der Waals surface area contributed by atoms with E-state index in [0.29, 0.717) is 22.6 Å². The molecule has 4 heteroatoms. The molecule has 0 aliphatic heterocycles. The molecule has 1 heterocycles. The SMILES string of the molecule is Cc1cc(C(N)=O)c2oc(C)nc2c1. The number of carbonyl (C=O) groups excluding carboxylic acids is 1. The molecule has 14 heavy (non-hydrogen) atoms. The van der Waals surface area contributed by atoms with E-state index in [4.69, 9.17) is 10.2 Å². The zero-order valence-corrected chi connectivity index (χ0v) is 8.00. The minimum atomic E-state index is -0.491. The Kier molecular flexibility index (Phi) is 1.77. The van der Waals surface area contributed by atoms with Gasteiger partial charge in [-0.3, -0.25) is 4.79 Å². The Morgan fingerprint density at radius 3 is 2.79 bits per heavy atom. The third-order valence-electron chi connectivity index (χ3n) is 2.01. The highest BCUT2D eigenvalue weighted by atomic mass is 16.3. The average molecular weight is 190 g/mol. The second kappa shape index (κ2) is 2.83. The second-order valence-electron chi connectivity index (χ2n) is 3.26. The third-order valence-corrected chi connectivity index (χ3v) is 2.01. The van der Waals surface area contributed by atoms with E-state index < -0.39 is 5.91 Å². The van der Waals surface area contributed by atoms with Crippen molar-refractivity contribution in [1.29, 1.82) is 0 Å². The number of carbonyl (C=O) groups is 1. The number of nitrogens with two attached hydrogens (primary N) is 1. The van der Waals surface area contributed by atoms with Gasteiger partial charge in [-0.2, -0.15) is 0 Å². The van der Waals surface area contributed by atoms with Gasteiger partial charge in [-0.05, 0) is 24.6 Å². The molecule has 0 saturated heterocycles. The maximum atomic E-state index is 11.1. The number of fused-ring (bicyclic) bond motifs is 1. The number of hydrogen-bond acceptors (Lipinski definition) is 3. The maximum absolute atomic E-state index is 11.1. The van der Waals surface area contributed by atoms with Crippen molar-refractivity contribution in [2.24, 2.45) is 5.73 Å². The van der Waals surface area contributed by atoms with Crippen molar-refractivity contribution in [2.75, 3.05) is 0 Å². The molecule has 1 aromatic heterocycles. The first-order valence-electron chi connectivity index (χ1n) is 4.25. The molecule has 2 N–H and O–H groups in total. The fourth-order valence-corrected chi connectivity index (χ4v) is 1.47. The molecule has 4 nitrogen and oxygen atoms in total. The number of rotatable bonds is 1. The molecule has 0 saturated carbocycles. The third kappa shape index (κ3) is 1.25. The Morgan fingerprint density at radius 1 is 1.43 bits per heavy atom. The lowest BCUT2D eigenvalue weighted by molar-refractivity contribution is 0.100. The largest absolute Gasteiger partial charge is 0.440 e. The topological polar surface area (TPSA) is 69.1 Å². The fraction of sp³-hybridized carbons (Fsp3) is 0.200. The van der Waals surface area contributed by atoms with Crippen LogP contribution in [0.1, 0.15) is 21.8 Å². The Labute approximate surface area is 80.7 Å². The first-order chi connectivity index (χ1) is 6.58. The normalized spacial score (nSPS) is 10.7. The predicted molar refractivity (Wildman–Crippen MR) is 52.0 cm³/mol. The molecular weight excluding hydrogens is 180 g/mol. The summed E-state index contributed by atoms with van der Waals surface area (Å²) in [7, 11) is 0. The lowest BCUT2D eigenvalue weighted by Gasteiger charge is -1.97. The summed E-state index contributed by atoms with van der Waals surface area (Å²) in [6.45, 7) is 3.62. The highest BCUT2D eigenvalue weighted by Crippen LogP contribution is 2.21. The summed E-state index contributed by atoms with van der Waals surface area (Å²) in [6.07, 6.45) is 0. The fourth-order valence-electron chi connectivity index (χ4n) is 1.47. The summed E-state index contributed by atoms with van der Waals surface area (Å²) in [5.41, 5.74) is 7.71. The van der Waals surface area contributed by atoms with E-state index >= 15 is 0 Å². The summed E-state index contributed by atoms with van der Waals surface area (Å²) in [4.78, 5) is 15.3. The Bertz CT molecular complexity index is 514. The second-order valence-corrected chi connectivity index (χ2v) is 3.26. The highest BCUT2D eigenvalue weighted by Gasteiger charge is 2.12. The van der Waals surface area contributed by atoms with Crippen molar-refractivity contribution in [1.82, 2.24) is 4.98 Å². The molecule has 0 aliphatic carbocycles. The van der Waals surface area contributed by atoms with Crippen LogP contribution in [0.15, 0.2) is 16.5 Å². The Balaban J connectivity index is 2.85. The number of nitrogens with zero attached hydrogens (tertiary/aromatic N) is 1. The predicted octanol–water partition coefficient (Wildman–Crippen LogP) is 1.54. The number of aryl methyl sites for hydroxylation is 2. The van der Waals surface area contributed by atoms with E-state index in [2.05, 4.69) is 4.98 Å². The van der Waals surface area contributed by atoms with E-state index in [1.807, 2.05) is 13.0 Å². The van der Waals surface area contributed by atoms with Gasteiger partial charge in [0.2, 0.25) is 0 Å². The number of benzene rings is 1. The van der Waals surface area contributed by atoms with Gasteiger partial charge in [0.25, 0.3) is 5.91 Å². The van der Waals surface area contributed by atoms with Crippen molar-refractivity contribution in [3.8, 4) is 0 Å². The summed E-state index contributed by atoms with van der Waals surface area (Å²) in [6, 6.07) is 3.56. The van der Waals surface area contributed by atoms with Crippen molar-refractivity contribution in [2.45, 2.75) is 13.8 Å². The van der Waals surface area contributed by atoms with Gasteiger partial charge in [0.15, 0.2) is 11.5 Å². The highest BCUT2D eigenvalue weighted by molar-refractivity contribution is 6.03. The van der Waals surface area contributed by atoms with Crippen molar-refractivity contribution in [3.63, 3.8) is 0 Å². The van der Waals surface area contributed by atoms with Gasteiger partial charge in [0, 0.05) is 6.92 Å². The molecule has 0 unspecified atom stereocenters. The molecule has 1 aromatic carbocycles. The monoisotopic (exact) mass is 190 g/mol. The summed E-state index contributed by atoms with van der Waals surface area (Å²) < 4.78 is 5.30. The van der Waals surface area contributed by atoms with Crippen LogP contribution in [0.5, 0.6) is 0 Å². The van der Waals surface area contributed by atoms with Crippen molar-refractivity contribution in [3.05, 3.63) is 29.2 Å². The standard InChI is InChI=1S/C10H10N2O2/c1-5-3-7(10(11)13)9-8(4-5)12-6(2)14-9/h3-4H,1-2H3,(H2,11,13). The van der Waals surface area contributed by atoms with Crippen LogP contribution >= 0.6 is 0 Å². The minimum absolute atomic E-state index is 0.389. The number of amides is 1. The molecular formula is C10H10N2O2. The molecule has 0 spiro atoms. The summed E-state index contributed by atoms with van der Waals surface area (Å²) in [5, 5.41) is 0. The number of primary amides is 1. The Hall–Kier alpha value is -1.84. The van der Waals surface area contributed by atoms with Crippen LogP contribution in [-0.4, -0.2) is 10.9 Å². The molecule has 0 atom stereocenters. The zero-order chi connectivity index (χ0) is 10.3. The van der Waals surface area contributed by atoms with Gasteiger partial charge in [0.1, 0.15) is 5.52 Å². The van der Waals surface area contributed by atoms with Crippen LogP contribution in [0.2, 0.25) is 0 Å². The van der Waals surface area contributed by atoms with E-state index in [-0.39, 0.29) is 0 Å². The lowest BCUT2D eigenvalue weighted by Crippen LogP contribution is -2.11. The number of hydrogen-bond donors (Lipinski definition) is 1. The van der Waals surface area contributed by atoms with Gasteiger partial charge in [-0.25, -0.2) is 4.98 Å². The van der Waals surface area contributed by atoms with Gasteiger partial charge in [-0.1, -0.05) is 0 Å². The van der Waals surface area contributed by atoms with Crippen LogP contribution in [0.3, 0.4) is 0 Å². The smallest absolute Gasteiger partial charge is 0.252 e. The molecule has 0 fully saturated rings. The molecule has 0 bridgehead atoms. The van der Waals surface area contributed by atoms with Crippen LogP contribution < -0.4 is 5.73 Å². The van der Waals surface area contributed by atoms with E-state index in [1.54, 1.807) is 13.0 Å². The summed E-state index contributed by atoms with van der Waals surface area (Å²) in [5.74, 6) is 0.0444. The quantitative estimate of drug-likeness (QED) is 0.741. The molecule has 1 amide bonds. The van der Waals surface area contributed by atoms with Crippen LogP contribution in [0.4, 0.5) is 0 Å². The number of aromatic nitrogens is 1. The first-order valence-corrected chi connectivity index (χ1v) is 4.25. The first kappa shape index (κ1) is 8.74. The van der Waals surface area contributed by atoms with Crippen LogP contribution in [-0.2, 0) is 0 Å². The average Bonchev–Trinajstić information content (AvgIpc) is 2.42. The maximum Gasteiger partial charge on any atom is 0.252 e. The molecule has 2 aromatic rings. The zero-order valence-electron chi connectivity index (χ0n) is 8.00. The lowest BCUT2D eigenvalue weighted by atomic mass is 10.1. The Morgan fingerprint density at radius 2 is 2.14 bits per heavy atom. The summed E-state index contributed by atoms with van der Waals surface area (Å²) >= 11 is 0.